The van der Waals surface area contributed by atoms with Gasteiger partial charge in [0.15, 0.2) is 5.58 Å². The summed E-state index contributed by atoms with van der Waals surface area (Å²) >= 11 is 0. The lowest BCUT2D eigenvalue weighted by Crippen LogP contribution is -2.41. The van der Waals surface area contributed by atoms with Gasteiger partial charge < -0.3 is 9.73 Å². The number of amides is 3. The lowest BCUT2D eigenvalue weighted by Gasteiger charge is -2.26. The lowest BCUT2D eigenvalue weighted by atomic mass is 10.0. The van der Waals surface area contributed by atoms with Gasteiger partial charge >= 0.3 is 0 Å². The second kappa shape index (κ2) is 9.32. The van der Waals surface area contributed by atoms with Gasteiger partial charge in [-0.05, 0) is 41.3 Å². The van der Waals surface area contributed by atoms with Crippen molar-refractivity contribution in [3.05, 3.63) is 132 Å². The fourth-order valence-corrected chi connectivity index (χ4v) is 5.25. The van der Waals surface area contributed by atoms with Crippen LogP contribution in [0, 0.1) is 0 Å². The quantitative estimate of drug-likeness (QED) is 0.256. The maximum Gasteiger partial charge on any atom is 0.262 e. The molecule has 0 bridgehead atoms. The second-order valence-corrected chi connectivity index (χ2v) is 9.53. The average molecular weight is 524 g/mol. The Morgan fingerprint density at radius 2 is 1.32 bits per heavy atom. The van der Waals surface area contributed by atoms with E-state index in [1.807, 2.05) is 54.6 Å². The van der Waals surface area contributed by atoms with E-state index in [0.717, 1.165) is 21.2 Å². The zero-order valence-electron chi connectivity index (χ0n) is 21.1. The largest absolute Gasteiger partial charge is 0.436 e. The van der Waals surface area contributed by atoms with E-state index >= 15 is 0 Å². The molecule has 0 saturated heterocycles. The van der Waals surface area contributed by atoms with Gasteiger partial charge in [-0.1, -0.05) is 84.9 Å². The number of carbonyl (C=O) groups is 3. The first kappa shape index (κ1) is 23.5. The highest BCUT2D eigenvalue weighted by Crippen LogP contribution is 2.36. The molecule has 192 valence electrons. The predicted octanol–water partition coefficient (Wildman–Crippen LogP) is 6.62. The number of nitrogens with zero attached hydrogens (tertiary/aromatic N) is 2. The molecule has 1 aromatic heterocycles. The summed E-state index contributed by atoms with van der Waals surface area (Å²) in [5.74, 6) is -1.21. The molecule has 0 aliphatic carbocycles. The molecule has 1 atom stereocenters. The second-order valence-electron chi connectivity index (χ2n) is 9.53. The number of carbonyl (C=O) groups excluding carboxylic acids is 3. The summed E-state index contributed by atoms with van der Waals surface area (Å²) in [4.78, 5) is 46.5. The Morgan fingerprint density at radius 3 is 2.08 bits per heavy atom. The van der Waals surface area contributed by atoms with Gasteiger partial charge in [0, 0.05) is 5.39 Å². The highest BCUT2D eigenvalue weighted by molar-refractivity contribution is 6.23. The molecule has 7 rings (SSSR count). The first-order chi connectivity index (χ1) is 19.6. The summed E-state index contributed by atoms with van der Waals surface area (Å²) in [5, 5.41) is 4.96. The zero-order valence-corrected chi connectivity index (χ0v) is 21.1. The van der Waals surface area contributed by atoms with Crippen molar-refractivity contribution in [3.63, 3.8) is 0 Å². The fraction of sp³-hybridized carbons (Fsp3) is 0.0303. The maximum atomic E-state index is 14.0. The summed E-state index contributed by atoms with van der Waals surface area (Å²) in [6.07, 6.45) is 0. The van der Waals surface area contributed by atoms with E-state index in [1.54, 1.807) is 60.7 Å². The van der Waals surface area contributed by atoms with Crippen molar-refractivity contribution >= 4 is 45.3 Å². The average Bonchev–Trinajstić information content (AvgIpc) is 3.54. The molecular formula is C33H21N3O4. The number of para-hydroxylation sites is 1. The van der Waals surface area contributed by atoms with Gasteiger partial charge in [0.05, 0.1) is 22.4 Å². The van der Waals surface area contributed by atoms with E-state index in [-0.39, 0.29) is 11.1 Å². The van der Waals surface area contributed by atoms with Crippen LogP contribution < -0.4 is 5.32 Å². The van der Waals surface area contributed by atoms with Gasteiger partial charge in [-0.15, -0.1) is 0 Å². The Bertz CT molecular complexity index is 1930. The molecule has 2 heterocycles. The number of imide groups is 1. The zero-order chi connectivity index (χ0) is 27.2. The van der Waals surface area contributed by atoms with Gasteiger partial charge in [-0.3, -0.25) is 19.3 Å². The standard InChI is InChI=1S/C33H21N3O4/c37-30(29(21-11-2-1-3-12-21)36-32(38)23-14-6-7-15-24(23)33(36)39)34-26-17-9-8-16-25(26)31-35-28-22-13-5-4-10-20(22)18-19-27(28)40-31/h1-19,29H,(H,34,37). The third-order valence-corrected chi connectivity index (χ3v) is 7.15. The van der Waals surface area contributed by atoms with E-state index in [0.29, 0.717) is 28.3 Å². The first-order valence-electron chi connectivity index (χ1n) is 12.8. The third kappa shape index (κ3) is 3.75. The smallest absolute Gasteiger partial charge is 0.262 e. The van der Waals surface area contributed by atoms with Crippen molar-refractivity contribution < 1.29 is 18.8 Å². The molecule has 0 fully saturated rings. The van der Waals surface area contributed by atoms with Crippen LogP contribution in [0.2, 0.25) is 0 Å². The highest BCUT2D eigenvalue weighted by atomic mass is 16.3. The normalized spacial score (nSPS) is 13.6. The van der Waals surface area contributed by atoms with Gasteiger partial charge in [-0.2, -0.15) is 0 Å². The molecule has 1 aliphatic rings. The number of fused-ring (bicyclic) bond motifs is 4. The number of oxazole rings is 1. The minimum Gasteiger partial charge on any atom is -0.436 e. The molecule has 0 radical (unpaired) electrons. The molecule has 40 heavy (non-hydrogen) atoms. The molecular weight excluding hydrogens is 502 g/mol. The Hall–Kier alpha value is -5.56. The van der Waals surface area contributed by atoms with E-state index in [1.165, 1.54) is 0 Å². The van der Waals surface area contributed by atoms with Crippen LogP contribution in [0.15, 0.2) is 120 Å². The lowest BCUT2D eigenvalue weighted by molar-refractivity contribution is -0.120. The SMILES string of the molecule is O=C(Nc1ccccc1-c1nc2c(ccc3ccccc32)o1)C(c1ccccc1)N1C(=O)c2ccccc2C1=O. The van der Waals surface area contributed by atoms with E-state index in [9.17, 15) is 14.4 Å². The van der Waals surface area contributed by atoms with Crippen LogP contribution >= 0.6 is 0 Å². The van der Waals surface area contributed by atoms with Gasteiger partial charge in [0.1, 0.15) is 11.6 Å². The molecule has 7 heteroatoms. The monoisotopic (exact) mass is 523 g/mol. The Labute approximate surface area is 228 Å². The molecule has 1 unspecified atom stereocenters. The summed E-state index contributed by atoms with van der Waals surface area (Å²) in [7, 11) is 0. The number of aromatic nitrogens is 1. The maximum absolute atomic E-state index is 14.0. The van der Waals surface area contributed by atoms with Gasteiger partial charge in [0.2, 0.25) is 5.89 Å². The number of rotatable bonds is 5. The van der Waals surface area contributed by atoms with Crippen LogP contribution in [0.25, 0.3) is 33.3 Å². The highest BCUT2D eigenvalue weighted by Gasteiger charge is 2.43. The molecule has 1 N–H and O–H groups in total. The molecule has 3 amide bonds. The number of nitrogens with one attached hydrogen (secondary N) is 1. The summed E-state index contributed by atoms with van der Waals surface area (Å²) in [6, 6.07) is 33.2. The van der Waals surface area contributed by atoms with Crippen LogP contribution in [0.5, 0.6) is 0 Å². The summed E-state index contributed by atoms with van der Waals surface area (Å²) < 4.78 is 6.12. The van der Waals surface area contributed by atoms with Gasteiger partial charge in [-0.25, -0.2) is 4.98 Å². The van der Waals surface area contributed by atoms with Crippen molar-refractivity contribution in [2.24, 2.45) is 0 Å². The minimum absolute atomic E-state index is 0.278. The fourth-order valence-electron chi connectivity index (χ4n) is 5.25. The topological polar surface area (TPSA) is 92.5 Å². The molecule has 0 spiro atoms. The van der Waals surface area contributed by atoms with Crippen molar-refractivity contribution in [1.82, 2.24) is 9.88 Å². The van der Waals surface area contributed by atoms with Crippen LogP contribution in [-0.4, -0.2) is 27.6 Å². The number of anilines is 1. The van der Waals surface area contributed by atoms with Crippen LogP contribution in [0.4, 0.5) is 5.69 Å². The van der Waals surface area contributed by atoms with Gasteiger partial charge in [0.25, 0.3) is 17.7 Å². The number of benzene rings is 5. The molecule has 6 aromatic rings. The number of hydrogen-bond donors (Lipinski definition) is 1. The Balaban J connectivity index is 1.28. The summed E-state index contributed by atoms with van der Waals surface area (Å²) in [5.41, 5.74) is 3.44. The Kier molecular flexibility index (Phi) is 5.49. The van der Waals surface area contributed by atoms with E-state index in [2.05, 4.69) is 5.32 Å². The molecule has 0 saturated carbocycles. The van der Waals surface area contributed by atoms with Crippen molar-refractivity contribution in [1.29, 1.82) is 0 Å². The van der Waals surface area contributed by atoms with Crippen molar-refractivity contribution in [2.75, 3.05) is 5.32 Å². The number of hydrogen-bond acceptors (Lipinski definition) is 5. The minimum atomic E-state index is -1.19. The molecule has 5 aromatic carbocycles. The predicted molar refractivity (Wildman–Crippen MR) is 152 cm³/mol. The van der Waals surface area contributed by atoms with Crippen LogP contribution in [-0.2, 0) is 4.79 Å². The molecule has 7 nitrogen and oxygen atoms in total. The van der Waals surface area contributed by atoms with E-state index in [4.69, 9.17) is 9.40 Å². The molecule has 1 aliphatic heterocycles. The summed E-state index contributed by atoms with van der Waals surface area (Å²) in [6.45, 7) is 0. The van der Waals surface area contributed by atoms with Crippen molar-refractivity contribution in [2.45, 2.75) is 6.04 Å². The first-order valence-corrected chi connectivity index (χ1v) is 12.8. The third-order valence-electron chi connectivity index (χ3n) is 7.15. The van der Waals surface area contributed by atoms with Crippen LogP contribution in [0.1, 0.15) is 32.3 Å². The van der Waals surface area contributed by atoms with Crippen LogP contribution in [0.3, 0.4) is 0 Å². The van der Waals surface area contributed by atoms with Crippen molar-refractivity contribution in [3.8, 4) is 11.5 Å². The van der Waals surface area contributed by atoms with E-state index < -0.39 is 23.8 Å². The Morgan fingerprint density at radius 1 is 0.700 bits per heavy atom.